The van der Waals surface area contributed by atoms with Crippen LogP contribution in [0.2, 0.25) is 0 Å². The number of ether oxygens (including phenoxy) is 1. The first-order chi connectivity index (χ1) is 7.61. The molecule has 0 spiro atoms. The van der Waals surface area contributed by atoms with Crippen molar-refractivity contribution in [2.24, 2.45) is 11.8 Å². The number of nitrogens with one attached hydrogen (secondary N) is 1. The highest BCUT2D eigenvalue weighted by Crippen LogP contribution is 2.27. The lowest BCUT2D eigenvalue weighted by Gasteiger charge is -2.25. The average molecular weight is 225 g/mol. The number of esters is 1. The maximum absolute atomic E-state index is 10.9. The molecule has 0 aromatic carbocycles. The van der Waals surface area contributed by atoms with Crippen molar-refractivity contribution in [3.8, 4) is 0 Å². The number of methoxy groups -OCH3 is 1. The maximum Gasteiger partial charge on any atom is 0.306 e. The van der Waals surface area contributed by atoms with Gasteiger partial charge in [0.25, 0.3) is 0 Å². The third kappa shape index (κ3) is 4.79. The van der Waals surface area contributed by atoms with Crippen LogP contribution in [0.1, 0.15) is 33.1 Å². The topological polar surface area (TPSA) is 38.3 Å². The summed E-state index contributed by atoms with van der Waals surface area (Å²) >= 11 is 0. The van der Waals surface area contributed by atoms with E-state index in [1.807, 2.05) is 0 Å². The fraction of sp³-hybridized carbons (Fsp3) is 0.769. The second kappa shape index (κ2) is 6.69. The molecule has 0 bridgehead atoms. The van der Waals surface area contributed by atoms with Gasteiger partial charge in [0, 0.05) is 6.54 Å². The molecule has 3 heteroatoms. The zero-order valence-electron chi connectivity index (χ0n) is 10.6. The van der Waals surface area contributed by atoms with Crippen molar-refractivity contribution in [2.45, 2.75) is 33.1 Å². The summed E-state index contributed by atoms with van der Waals surface area (Å²) in [6.45, 7) is 6.20. The van der Waals surface area contributed by atoms with Gasteiger partial charge in [-0.15, -0.1) is 0 Å². The Kier molecular flexibility index (Phi) is 5.53. The van der Waals surface area contributed by atoms with Gasteiger partial charge in [-0.3, -0.25) is 4.79 Å². The smallest absolute Gasteiger partial charge is 0.306 e. The van der Waals surface area contributed by atoms with Crippen LogP contribution in [0.15, 0.2) is 11.6 Å². The van der Waals surface area contributed by atoms with Gasteiger partial charge < -0.3 is 10.1 Å². The van der Waals surface area contributed by atoms with Crippen LogP contribution in [0.3, 0.4) is 0 Å². The fourth-order valence-electron chi connectivity index (χ4n) is 2.44. The average Bonchev–Trinajstić information content (AvgIpc) is 2.22. The van der Waals surface area contributed by atoms with Crippen LogP contribution >= 0.6 is 0 Å². The standard InChI is InChI=1S/C13H23NO2/c1-10-6-11(2)8-12(7-10)9-14-5-4-13(15)16-3/h6,10,12,14H,4-5,7-9H2,1-3H3. The van der Waals surface area contributed by atoms with E-state index in [0.29, 0.717) is 12.3 Å². The molecular formula is C13H23NO2. The van der Waals surface area contributed by atoms with E-state index in [1.54, 1.807) is 0 Å². The summed E-state index contributed by atoms with van der Waals surface area (Å²) in [5.74, 6) is 1.28. The summed E-state index contributed by atoms with van der Waals surface area (Å²) in [6, 6.07) is 0. The van der Waals surface area contributed by atoms with Crippen LogP contribution in [-0.4, -0.2) is 26.2 Å². The summed E-state index contributed by atoms with van der Waals surface area (Å²) in [7, 11) is 1.43. The van der Waals surface area contributed by atoms with Gasteiger partial charge in [-0.25, -0.2) is 0 Å². The third-order valence-electron chi connectivity index (χ3n) is 3.05. The van der Waals surface area contributed by atoms with E-state index in [-0.39, 0.29) is 5.97 Å². The van der Waals surface area contributed by atoms with Crippen molar-refractivity contribution in [1.82, 2.24) is 5.32 Å². The first kappa shape index (κ1) is 13.2. The summed E-state index contributed by atoms with van der Waals surface area (Å²) in [6.07, 6.45) is 5.27. The van der Waals surface area contributed by atoms with E-state index in [4.69, 9.17) is 0 Å². The number of carbonyl (C=O) groups excluding carboxylic acids is 1. The van der Waals surface area contributed by atoms with Crippen LogP contribution in [0.5, 0.6) is 0 Å². The van der Waals surface area contributed by atoms with Crippen molar-refractivity contribution in [3.05, 3.63) is 11.6 Å². The first-order valence-corrected chi connectivity index (χ1v) is 6.06. The molecule has 0 radical (unpaired) electrons. The van der Waals surface area contributed by atoms with Crippen molar-refractivity contribution >= 4 is 5.97 Å². The Labute approximate surface area is 98.2 Å². The van der Waals surface area contributed by atoms with Crippen LogP contribution in [-0.2, 0) is 9.53 Å². The van der Waals surface area contributed by atoms with Crippen LogP contribution in [0.25, 0.3) is 0 Å². The molecule has 1 aliphatic rings. The Morgan fingerprint density at radius 3 is 3.00 bits per heavy atom. The molecule has 1 N–H and O–H groups in total. The fourth-order valence-corrected chi connectivity index (χ4v) is 2.44. The number of rotatable bonds is 5. The number of hydrogen-bond donors (Lipinski definition) is 1. The predicted octanol–water partition coefficient (Wildman–Crippen LogP) is 2.13. The van der Waals surface area contributed by atoms with Crippen LogP contribution in [0, 0.1) is 11.8 Å². The maximum atomic E-state index is 10.9. The predicted molar refractivity (Wildman–Crippen MR) is 65.1 cm³/mol. The first-order valence-electron chi connectivity index (χ1n) is 6.06. The molecule has 3 nitrogen and oxygen atoms in total. The lowest BCUT2D eigenvalue weighted by molar-refractivity contribution is -0.140. The highest BCUT2D eigenvalue weighted by Gasteiger charge is 2.17. The molecule has 0 saturated carbocycles. The largest absolute Gasteiger partial charge is 0.469 e. The van der Waals surface area contributed by atoms with Gasteiger partial charge in [0.15, 0.2) is 0 Å². The van der Waals surface area contributed by atoms with Crippen molar-refractivity contribution in [2.75, 3.05) is 20.2 Å². The Morgan fingerprint density at radius 1 is 1.62 bits per heavy atom. The van der Waals surface area contributed by atoms with E-state index in [2.05, 4.69) is 30.0 Å². The lowest BCUT2D eigenvalue weighted by Crippen LogP contribution is -2.28. The zero-order chi connectivity index (χ0) is 12.0. The molecule has 92 valence electrons. The minimum Gasteiger partial charge on any atom is -0.469 e. The minimum absolute atomic E-state index is 0.138. The van der Waals surface area contributed by atoms with E-state index in [0.717, 1.165) is 19.0 Å². The summed E-state index contributed by atoms with van der Waals surface area (Å²) in [4.78, 5) is 10.9. The quantitative estimate of drug-likeness (QED) is 0.442. The number of carbonyl (C=O) groups is 1. The van der Waals surface area contributed by atoms with Gasteiger partial charge in [0.1, 0.15) is 0 Å². The zero-order valence-corrected chi connectivity index (χ0v) is 10.6. The van der Waals surface area contributed by atoms with Gasteiger partial charge in [-0.05, 0) is 38.1 Å². The molecule has 0 amide bonds. The van der Waals surface area contributed by atoms with Gasteiger partial charge in [-0.1, -0.05) is 18.6 Å². The molecule has 0 fully saturated rings. The van der Waals surface area contributed by atoms with Crippen molar-refractivity contribution < 1.29 is 9.53 Å². The van der Waals surface area contributed by atoms with Gasteiger partial charge in [0.05, 0.1) is 13.5 Å². The number of allylic oxidation sites excluding steroid dienone is 2. The molecule has 16 heavy (non-hydrogen) atoms. The molecule has 1 rings (SSSR count). The molecule has 0 saturated heterocycles. The Morgan fingerprint density at radius 2 is 2.38 bits per heavy atom. The normalized spacial score (nSPS) is 25.1. The molecule has 0 aromatic heterocycles. The second-order valence-corrected chi connectivity index (χ2v) is 4.83. The van der Waals surface area contributed by atoms with E-state index in [9.17, 15) is 4.79 Å². The molecular weight excluding hydrogens is 202 g/mol. The molecule has 1 aliphatic carbocycles. The summed E-state index contributed by atoms with van der Waals surface area (Å²) < 4.78 is 4.59. The lowest BCUT2D eigenvalue weighted by atomic mass is 9.84. The minimum atomic E-state index is -0.138. The Bertz CT molecular complexity index is 261. The molecule has 0 aromatic rings. The van der Waals surface area contributed by atoms with E-state index in [1.165, 1.54) is 25.5 Å². The van der Waals surface area contributed by atoms with Gasteiger partial charge in [0.2, 0.25) is 0 Å². The van der Waals surface area contributed by atoms with Gasteiger partial charge in [-0.2, -0.15) is 0 Å². The Balaban J connectivity index is 2.14. The monoisotopic (exact) mass is 225 g/mol. The number of hydrogen-bond acceptors (Lipinski definition) is 3. The van der Waals surface area contributed by atoms with Crippen molar-refractivity contribution in [3.63, 3.8) is 0 Å². The highest BCUT2D eigenvalue weighted by molar-refractivity contribution is 5.69. The van der Waals surface area contributed by atoms with Crippen LogP contribution in [0.4, 0.5) is 0 Å². The van der Waals surface area contributed by atoms with E-state index < -0.39 is 0 Å². The van der Waals surface area contributed by atoms with Crippen LogP contribution < -0.4 is 5.32 Å². The van der Waals surface area contributed by atoms with E-state index >= 15 is 0 Å². The molecule has 2 atom stereocenters. The molecule has 0 heterocycles. The highest BCUT2D eigenvalue weighted by atomic mass is 16.5. The molecule has 0 aliphatic heterocycles. The summed E-state index contributed by atoms with van der Waals surface area (Å²) in [5, 5.41) is 3.33. The SMILES string of the molecule is COC(=O)CCNCC1CC(C)=CC(C)C1. The van der Waals surface area contributed by atoms with Gasteiger partial charge >= 0.3 is 5.97 Å². The van der Waals surface area contributed by atoms with Crippen molar-refractivity contribution in [1.29, 1.82) is 0 Å². The molecule has 2 unspecified atom stereocenters. The summed E-state index contributed by atoms with van der Waals surface area (Å²) in [5.41, 5.74) is 1.50. The third-order valence-corrected chi connectivity index (χ3v) is 3.05. The Hall–Kier alpha value is -0.830. The second-order valence-electron chi connectivity index (χ2n) is 4.83.